The fourth-order valence-corrected chi connectivity index (χ4v) is 6.25. The molecule has 1 spiro atoms. The van der Waals surface area contributed by atoms with Crippen LogP contribution < -0.4 is 30.0 Å². The Bertz CT molecular complexity index is 1590. The molecule has 2 aliphatic rings. The number of aliphatic hydroxyl groups is 1. The van der Waals surface area contributed by atoms with E-state index in [2.05, 4.69) is 5.32 Å². The third-order valence-electron chi connectivity index (χ3n) is 8.69. The Morgan fingerprint density at radius 2 is 1.76 bits per heavy atom. The van der Waals surface area contributed by atoms with Gasteiger partial charge in [-0.05, 0) is 23.6 Å². The molecule has 0 saturated heterocycles. The summed E-state index contributed by atoms with van der Waals surface area (Å²) in [4.78, 5) is 53.7. The van der Waals surface area contributed by atoms with Crippen LogP contribution in [0, 0.1) is 11.8 Å². The van der Waals surface area contributed by atoms with Gasteiger partial charge in [0, 0.05) is 36.3 Å². The van der Waals surface area contributed by atoms with Gasteiger partial charge in [0.05, 0.1) is 21.3 Å². The van der Waals surface area contributed by atoms with Crippen LogP contribution in [-0.4, -0.2) is 66.6 Å². The second-order valence-corrected chi connectivity index (χ2v) is 11.7. The molecule has 0 radical (unpaired) electrons. The van der Waals surface area contributed by atoms with Crippen molar-refractivity contribution in [3.8, 4) is 28.7 Å². The number of halogens is 1. The maximum Gasteiger partial charge on any atom is 0.240 e. The second-order valence-electron chi connectivity index (χ2n) is 11.3. The first-order valence-electron chi connectivity index (χ1n) is 14.4. The highest BCUT2D eigenvalue weighted by Crippen LogP contribution is 2.56. The number of phenolic OH excluding ortho intramolecular Hbond substituents is 1. The number of nitrogens with one attached hydrogen (secondary N) is 1. The van der Waals surface area contributed by atoms with Gasteiger partial charge in [-0.3, -0.25) is 19.2 Å². The molecule has 4 rings (SSSR count). The zero-order valence-electron chi connectivity index (χ0n) is 25.9. The van der Waals surface area contributed by atoms with Gasteiger partial charge >= 0.3 is 0 Å². The van der Waals surface area contributed by atoms with E-state index in [9.17, 15) is 29.4 Å². The van der Waals surface area contributed by atoms with Crippen LogP contribution in [0.15, 0.2) is 35.6 Å². The second kappa shape index (κ2) is 12.9. The van der Waals surface area contributed by atoms with Crippen LogP contribution in [0.5, 0.6) is 28.7 Å². The molecule has 2 aromatic rings. The van der Waals surface area contributed by atoms with E-state index in [-0.39, 0.29) is 57.2 Å². The van der Waals surface area contributed by atoms with Gasteiger partial charge in [-0.2, -0.15) is 0 Å². The third kappa shape index (κ3) is 5.63. The highest BCUT2D eigenvalue weighted by Gasteiger charge is 2.61. The minimum absolute atomic E-state index is 0.0290. The van der Waals surface area contributed by atoms with Crippen molar-refractivity contribution in [2.24, 2.45) is 17.6 Å². The van der Waals surface area contributed by atoms with Crippen LogP contribution in [0.1, 0.15) is 61.9 Å². The fraction of sp³-hybridized carbons (Fsp3) is 0.438. The minimum Gasteiger partial charge on any atom is -0.507 e. The monoisotopic (exact) mass is 644 g/mol. The van der Waals surface area contributed by atoms with Gasteiger partial charge in [-0.25, -0.2) is 0 Å². The molecule has 5 unspecified atom stereocenters. The van der Waals surface area contributed by atoms with Gasteiger partial charge in [-0.15, -0.1) is 0 Å². The summed E-state index contributed by atoms with van der Waals surface area (Å²) in [5, 5.41) is 24.9. The van der Waals surface area contributed by atoms with Crippen LogP contribution >= 0.6 is 11.6 Å². The minimum atomic E-state index is -2.09. The summed E-state index contributed by atoms with van der Waals surface area (Å²) in [5.74, 6) is -5.60. The van der Waals surface area contributed by atoms with Crippen LogP contribution in [0.3, 0.4) is 0 Å². The summed E-state index contributed by atoms with van der Waals surface area (Å²) in [5.41, 5.74) is 3.50. The Hall–Kier alpha value is -4.45. The maximum absolute atomic E-state index is 14.2. The van der Waals surface area contributed by atoms with Crippen molar-refractivity contribution in [3.05, 3.63) is 51.7 Å². The van der Waals surface area contributed by atoms with Crippen LogP contribution in [0.25, 0.3) is 0 Å². The maximum atomic E-state index is 14.2. The number of aromatic hydroxyl groups is 1. The first-order chi connectivity index (χ1) is 21.3. The molecular weight excluding hydrogens is 608 g/mol. The quantitative estimate of drug-likeness (QED) is 0.279. The van der Waals surface area contributed by atoms with E-state index in [4.69, 9.17) is 36.3 Å². The van der Waals surface area contributed by atoms with Gasteiger partial charge in [0.2, 0.25) is 23.2 Å². The molecule has 242 valence electrons. The summed E-state index contributed by atoms with van der Waals surface area (Å²) < 4.78 is 22.2. The summed E-state index contributed by atoms with van der Waals surface area (Å²) >= 11 is 6.55. The summed E-state index contributed by atoms with van der Waals surface area (Å²) in [6.45, 7) is 5.19. The van der Waals surface area contributed by atoms with E-state index in [1.165, 1.54) is 45.6 Å². The molecule has 5 N–H and O–H groups in total. The van der Waals surface area contributed by atoms with Crippen molar-refractivity contribution < 1.29 is 48.3 Å². The van der Waals surface area contributed by atoms with Crippen LogP contribution in [0.2, 0.25) is 5.02 Å². The number of allylic oxidation sites excluding steroid dienone is 1. The highest BCUT2D eigenvalue weighted by atomic mass is 35.5. The number of nitrogens with two attached hydrogens (primary N) is 1. The first-order valence-corrected chi connectivity index (χ1v) is 14.8. The molecule has 0 saturated carbocycles. The zero-order chi connectivity index (χ0) is 33.4. The average Bonchev–Trinajstić information content (AvgIpc) is 3.33. The molecule has 0 fully saturated rings. The molecule has 2 aromatic carbocycles. The number of hydrogen-bond acceptors (Lipinski definition) is 10. The van der Waals surface area contributed by atoms with Gasteiger partial charge in [0.25, 0.3) is 0 Å². The van der Waals surface area contributed by atoms with E-state index in [0.717, 1.165) is 0 Å². The Balaban J connectivity index is 1.91. The predicted molar refractivity (Wildman–Crippen MR) is 163 cm³/mol. The van der Waals surface area contributed by atoms with Crippen molar-refractivity contribution >= 4 is 35.0 Å². The number of ketones is 2. The van der Waals surface area contributed by atoms with Crippen LogP contribution in [0.4, 0.5) is 0 Å². The lowest BCUT2D eigenvalue weighted by molar-refractivity contribution is -0.128. The van der Waals surface area contributed by atoms with Crippen molar-refractivity contribution in [3.63, 3.8) is 0 Å². The zero-order valence-corrected chi connectivity index (χ0v) is 26.6. The van der Waals surface area contributed by atoms with E-state index < -0.39 is 59.0 Å². The third-order valence-corrected chi connectivity index (χ3v) is 9.05. The van der Waals surface area contributed by atoms with Crippen molar-refractivity contribution in [1.29, 1.82) is 0 Å². The number of methoxy groups -OCH3 is 3. The Kier molecular flexibility index (Phi) is 9.57. The van der Waals surface area contributed by atoms with E-state index in [1.54, 1.807) is 13.8 Å². The molecule has 12 nitrogen and oxygen atoms in total. The van der Waals surface area contributed by atoms with E-state index in [0.29, 0.717) is 12.0 Å². The molecular formula is C32H37ClN2O10. The molecule has 1 heterocycles. The smallest absolute Gasteiger partial charge is 0.240 e. The van der Waals surface area contributed by atoms with E-state index >= 15 is 0 Å². The number of ether oxygens (including phenoxy) is 4. The number of Topliss-reactive ketones (excluding diaryl/α,β-unsaturated/α-hetero) is 2. The van der Waals surface area contributed by atoms with Gasteiger partial charge in [0.1, 0.15) is 28.1 Å². The standard InChI is InChI=1S/C32H37ClN2O10/c1-7-14(2)27(31(34)41)35-23(38)12-17(16-8-9-18(36)20(11-16)42-4)24-19(37)10-15(3)32(29(24)39)30(40)25-21(43-5)13-22(44-6)26(33)28(25)45-32/h8-9,11,13-15,17,27,36,39H,7,10,12H2,1-6H3,(H2,34,41)(H,35,38). The lowest BCUT2D eigenvalue weighted by Gasteiger charge is -2.38. The molecule has 13 heteroatoms. The number of aliphatic hydroxyl groups excluding tert-OH is 1. The Labute approximate surface area is 265 Å². The Morgan fingerprint density at radius 3 is 2.33 bits per heavy atom. The summed E-state index contributed by atoms with van der Waals surface area (Å²) in [6, 6.07) is 4.63. The van der Waals surface area contributed by atoms with Gasteiger partial charge in [-0.1, -0.05) is 44.9 Å². The number of benzene rings is 2. The van der Waals surface area contributed by atoms with Crippen molar-refractivity contribution in [1.82, 2.24) is 5.32 Å². The molecule has 2 amide bonds. The number of carbonyl (C=O) groups excluding carboxylic acids is 4. The first kappa shape index (κ1) is 33.4. The van der Waals surface area contributed by atoms with E-state index in [1.807, 2.05) is 6.92 Å². The number of hydrogen-bond donors (Lipinski definition) is 4. The molecule has 1 aliphatic carbocycles. The summed E-state index contributed by atoms with van der Waals surface area (Å²) in [6.07, 6.45) is -0.128. The molecule has 5 atom stereocenters. The normalized spacial score (nSPS) is 21.1. The number of fused-ring (bicyclic) bond motifs is 1. The lowest BCUT2D eigenvalue weighted by atomic mass is 9.69. The Morgan fingerprint density at radius 1 is 1.11 bits per heavy atom. The van der Waals surface area contributed by atoms with Gasteiger partial charge < -0.3 is 40.2 Å². The fourth-order valence-electron chi connectivity index (χ4n) is 5.98. The average molecular weight is 645 g/mol. The number of carbonyl (C=O) groups is 4. The topological polar surface area (TPSA) is 184 Å². The van der Waals surface area contributed by atoms with Crippen molar-refractivity contribution in [2.45, 2.75) is 57.6 Å². The number of phenols is 1. The largest absolute Gasteiger partial charge is 0.507 e. The number of rotatable bonds is 11. The predicted octanol–water partition coefficient (Wildman–Crippen LogP) is 4.00. The molecule has 45 heavy (non-hydrogen) atoms. The summed E-state index contributed by atoms with van der Waals surface area (Å²) in [7, 11) is 4.06. The highest BCUT2D eigenvalue weighted by molar-refractivity contribution is 6.35. The molecule has 1 aliphatic heterocycles. The SMILES string of the molecule is CCC(C)C(NC(=O)CC(C1=C(O)C2(Oc3c(Cl)c(OC)cc(OC)c3C2=O)C(C)CC1=O)c1ccc(O)c(OC)c1)C(N)=O. The lowest BCUT2D eigenvalue weighted by Crippen LogP contribution is -2.53. The molecule has 0 aromatic heterocycles. The van der Waals surface area contributed by atoms with Crippen molar-refractivity contribution in [2.75, 3.05) is 21.3 Å². The molecule has 0 bridgehead atoms. The number of amides is 2. The van der Waals surface area contributed by atoms with Gasteiger partial charge in [0.15, 0.2) is 28.8 Å². The number of primary amides is 1. The van der Waals surface area contributed by atoms with Crippen LogP contribution in [-0.2, 0) is 14.4 Å².